The third-order valence-electron chi connectivity index (χ3n) is 4.34. The van der Waals surface area contributed by atoms with Crippen molar-refractivity contribution in [1.29, 1.82) is 0 Å². The number of rotatable bonds is 10. The van der Waals surface area contributed by atoms with Crippen molar-refractivity contribution < 1.29 is 8.42 Å². The molecule has 126 valence electrons. The summed E-state index contributed by atoms with van der Waals surface area (Å²) in [5, 5.41) is -0.264. The molecule has 0 bridgehead atoms. The molecule has 0 radical (unpaired) electrons. The van der Waals surface area contributed by atoms with Crippen molar-refractivity contribution in [2.24, 2.45) is 11.7 Å². The van der Waals surface area contributed by atoms with Crippen molar-refractivity contribution in [3.8, 4) is 0 Å². The Morgan fingerprint density at radius 2 is 2.05 bits per heavy atom. The lowest BCUT2D eigenvalue weighted by atomic mass is 9.94. The highest BCUT2D eigenvalue weighted by Crippen LogP contribution is 2.23. The van der Waals surface area contributed by atoms with Crippen LogP contribution in [0.5, 0.6) is 0 Å². The first-order valence-electron chi connectivity index (χ1n) is 8.28. The maximum atomic E-state index is 12.2. The molecule has 2 atom stereocenters. The van der Waals surface area contributed by atoms with Gasteiger partial charge in [-0.25, -0.2) is 8.42 Å². The average Bonchev–Trinajstić information content (AvgIpc) is 2.48. The van der Waals surface area contributed by atoms with Crippen molar-refractivity contribution in [3.05, 3.63) is 0 Å². The summed E-state index contributed by atoms with van der Waals surface area (Å²) in [5.41, 5.74) is 5.68. The Hall–Kier alpha value is 0.220. The highest BCUT2D eigenvalue weighted by Gasteiger charge is 2.32. The molecule has 4 nitrogen and oxygen atoms in total. The van der Waals surface area contributed by atoms with E-state index in [0.717, 1.165) is 44.0 Å². The molecule has 0 amide bonds. The number of hydrogen-bond donors (Lipinski definition) is 1. The van der Waals surface area contributed by atoms with Crippen LogP contribution in [0.3, 0.4) is 0 Å². The maximum absolute atomic E-state index is 12.2. The molecule has 0 aromatic heterocycles. The lowest BCUT2D eigenvalue weighted by Crippen LogP contribution is -2.48. The quantitative estimate of drug-likeness (QED) is 0.663. The Morgan fingerprint density at radius 1 is 1.29 bits per heavy atom. The summed E-state index contributed by atoms with van der Waals surface area (Å²) in [6.07, 6.45) is 5.81. The molecule has 1 heterocycles. The SMILES string of the molecule is CCCC(CCN)CCCN1CCSCC1S(=O)(=O)CC. The van der Waals surface area contributed by atoms with Gasteiger partial charge in [0.1, 0.15) is 5.37 Å². The lowest BCUT2D eigenvalue weighted by molar-refractivity contribution is 0.253. The van der Waals surface area contributed by atoms with E-state index in [9.17, 15) is 8.42 Å². The first-order valence-corrected chi connectivity index (χ1v) is 11.2. The summed E-state index contributed by atoms with van der Waals surface area (Å²) in [4.78, 5) is 2.20. The minimum atomic E-state index is -2.96. The fourth-order valence-electron chi connectivity index (χ4n) is 3.05. The molecule has 6 heteroatoms. The van der Waals surface area contributed by atoms with Crippen LogP contribution in [0.4, 0.5) is 0 Å². The fourth-order valence-corrected chi connectivity index (χ4v) is 6.16. The summed E-state index contributed by atoms with van der Waals surface area (Å²) < 4.78 is 24.4. The first kappa shape index (κ1) is 19.3. The van der Waals surface area contributed by atoms with Gasteiger partial charge < -0.3 is 5.73 Å². The minimum Gasteiger partial charge on any atom is -0.330 e. The van der Waals surface area contributed by atoms with E-state index in [0.29, 0.717) is 5.92 Å². The second-order valence-electron chi connectivity index (χ2n) is 5.89. The lowest BCUT2D eigenvalue weighted by Gasteiger charge is -2.34. The van der Waals surface area contributed by atoms with Gasteiger partial charge in [-0.05, 0) is 38.3 Å². The van der Waals surface area contributed by atoms with Crippen molar-refractivity contribution in [1.82, 2.24) is 4.90 Å². The van der Waals surface area contributed by atoms with Crippen LogP contribution in [0.15, 0.2) is 0 Å². The van der Waals surface area contributed by atoms with Crippen LogP contribution in [-0.4, -0.2) is 55.6 Å². The highest BCUT2D eigenvalue weighted by molar-refractivity contribution is 8.01. The number of thioether (sulfide) groups is 1. The monoisotopic (exact) mass is 336 g/mol. The zero-order chi connectivity index (χ0) is 15.7. The zero-order valence-electron chi connectivity index (χ0n) is 13.6. The van der Waals surface area contributed by atoms with Gasteiger partial charge in [-0.2, -0.15) is 11.8 Å². The van der Waals surface area contributed by atoms with Gasteiger partial charge in [-0.15, -0.1) is 0 Å². The molecule has 1 aliphatic heterocycles. The Kier molecular flexibility index (Phi) is 9.25. The standard InChI is InChI=1S/C15H32N2O2S2/c1-3-6-14(8-9-16)7-5-10-17-11-12-20-13-15(17)21(18,19)4-2/h14-15H,3-13,16H2,1-2H3. The average molecular weight is 337 g/mol. The van der Waals surface area contributed by atoms with Crippen LogP contribution in [0.1, 0.15) is 46.0 Å². The van der Waals surface area contributed by atoms with Crippen LogP contribution in [0, 0.1) is 5.92 Å². The molecule has 1 rings (SSSR count). The van der Waals surface area contributed by atoms with Gasteiger partial charge in [0.25, 0.3) is 0 Å². The predicted molar refractivity (Wildman–Crippen MR) is 93.5 cm³/mol. The van der Waals surface area contributed by atoms with Crippen LogP contribution >= 0.6 is 11.8 Å². The summed E-state index contributed by atoms with van der Waals surface area (Å²) in [6.45, 7) is 6.55. The number of sulfone groups is 1. The molecule has 1 saturated heterocycles. The van der Waals surface area contributed by atoms with E-state index in [4.69, 9.17) is 5.73 Å². The molecule has 1 fully saturated rings. The van der Waals surface area contributed by atoms with Crippen molar-refractivity contribution in [2.45, 2.75) is 51.3 Å². The van der Waals surface area contributed by atoms with Crippen LogP contribution in [0.2, 0.25) is 0 Å². The fraction of sp³-hybridized carbons (Fsp3) is 1.00. The van der Waals surface area contributed by atoms with E-state index < -0.39 is 9.84 Å². The van der Waals surface area contributed by atoms with Gasteiger partial charge in [0.05, 0.1) is 0 Å². The highest BCUT2D eigenvalue weighted by atomic mass is 32.2. The van der Waals surface area contributed by atoms with Crippen LogP contribution in [0.25, 0.3) is 0 Å². The Labute approximate surface area is 135 Å². The van der Waals surface area contributed by atoms with Gasteiger partial charge >= 0.3 is 0 Å². The summed E-state index contributed by atoms with van der Waals surface area (Å²) >= 11 is 1.77. The normalized spacial score (nSPS) is 22.3. The first-order chi connectivity index (χ1) is 10.0. The summed E-state index contributed by atoms with van der Waals surface area (Å²) in [6, 6.07) is 0. The molecule has 0 aromatic carbocycles. The zero-order valence-corrected chi connectivity index (χ0v) is 15.2. The van der Waals surface area contributed by atoms with Crippen LogP contribution < -0.4 is 5.73 Å². The Balaban J connectivity index is 2.47. The van der Waals surface area contributed by atoms with Crippen molar-refractivity contribution >= 4 is 21.6 Å². The Morgan fingerprint density at radius 3 is 2.67 bits per heavy atom. The second kappa shape index (κ2) is 10.1. The van der Waals surface area contributed by atoms with Crippen LogP contribution in [-0.2, 0) is 9.84 Å². The van der Waals surface area contributed by atoms with E-state index in [1.165, 1.54) is 19.3 Å². The maximum Gasteiger partial charge on any atom is 0.166 e. The van der Waals surface area contributed by atoms with Gasteiger partial charge in [0, 0.05) is 23.8 Å². The number of nitrogens with zero attached hydrogens (tertiary/aromatic N) is 1. The molecule has 0 aromatic rings. The topological polar surface area (TPSA) is 63.4 Å². The molecule has 0 aliphatic carbocycles. The summed E-state index contributed by atoms with van der Waals surface area (Å²) in [5.74, 6) is 2.75. The summed E-state index contributed by atoms with van der Waals surface area (Å²) in [7, 11) is -2.96. The molecule has 0 saturated carbocycles. The smallest absolute Gasteiger partial charge is 0.166 e. The van der Waals surface area contributed by atoms with E-state index >= 15 is 0 Å². The predicted octanol–water partition coefficient (Wildman–Crippen LogP) is 2.34. The van der Waals surface area contributed by atoms with Gasteiger partial charge in [-0.1, -0.05) is 26.7 Å². The van der Waals surface area contributed by atoms with E-state index in [1.807, 2.05) is 0 Å². The van der Waals surface area contributed by atoms with E-state index in [-0.39, 0.29) is 11.1 Å². The third-order valence-corrected chi connectivity index (χ3v) is 7.67. The second-order valence-corrected chi connectivity index (χ2v) is 9.49. The molecule has 2 N–H and O–H groups in total. The minimum absolute atomic E-state index is 0.250. The van der Waals surface area contributed by atoms with Crippen molar-refractivity contribution in [2.75, 3.05) is 36.9 Å². The number of hydrogen-bond acceptors (Lipinski definition) is 5. The van der Waals surface area contributed by atoms with E-state index in [1.54, 1.807) is 18.7 Å². The number of nitrogens with two attached hydrogens (primary N) is 1. The van der Waals surface area contributed by atoms with Gasteiger partial charge in [0.15, 0.2) is 9.84 Å². The molecule has 2 unspecified atom stereocenters. The third kappa shape index (κ3) is 6.47. The molecule has 1 aliphatic rings. The van der Waals surface area contributed by atoms with Gasteiger partial charge in [0.2, 0.25) is 0 Å². The van der Waals surface area contributed by atoms with E-state index in [2.05, 4.69) is 11.8 Å². The van der Waals surface area contributed by atoms with Crippen molar-refractivity contribution in [3.63, 3.8) is 0 Å². The molecular formula is C15H32N2O2S2. The molecule has 21 heavy (non-hydrogen) atoms. The van der Waals surface area contributed by atoms with Gasteiger partial charge in [-0.3, -0.25) is 4.90 Å². The molecular weight excluding hydrogens is 304 g/mol. The largest absolute Gasteiger partial charge is 0.330 e. The molecule has 0 spiro atoms. The Bertz CT molecular complexity index is 368.